The number of nitrogens with zero attached hydrogens (tertiary/aromatic N) is 2. The van der Waals surface area contributed by atoms with E-state index in [2.05, 4.69) is 11.9 Å². The predicted octanol–water partition coefficient (Wildman–Crippen LogP) is 1.13. The summed E-state index contributed by atoms with van der Waals surface area (Å²) in [6, 6.07) is 0. The summed E-state index contributed by atoms with van der Waals surface area (Å²) in [5, 5.41) is 0. The largest absolute Gasteiger partial charge is 0.444 e. The third-order valence-corrected chi connectivity index (χ3v) is 3.02. The van der Waals surface area contributed by atoms with Gasteiger partial charge in [0.05, 0.1) is 0 Å². The number of hydrogen-bond donors (Lipinski definition) is 1. The van der Waals surface area contributed by atoms with Crippen molar-refractivity contribution in [2.45, 2.75) is 32.8 Å². The highest BCUT2D eigenvalue weighted by molar-refractivity contribution is 5.68. The lowest BCUT2D eigenvalue weighted by Gasteiger charge is -2.25. The highest BCUT2D eigenvalue weighted by atomic mass is 16.6. The molecule has 1 fully saturated rings. The molecule has 1 aliphatic rings. The first-order valence-electron chi connectivity index (χ1n) is 6.68. The van der Waals surface area contributed by atoms with Gasteiger partial charge in [0.25, 0.3) is 0 Å². The van der Waals surface area contributed by atoms with E-state index >= 15 is 0 Å². The van der Waals surface area contributed by atoms with Gasteiger partial charge in [0.1, 0.15) is 5.60 Å². The Balaban J connectivity index is 2.34. The molecule has 1 unspecified atom stereocenters. The van der Waals surface area contributed by atoms with E-state index in [4.69, 9.17) is 10.5 Å². The molecule has 1 heterocycles. The molecule has 1 rings (SSSR count). The van der Waals surface area contributed by atoms with Crippen LogP contribution in [0.2, 0.25) is 0 Å². The number of hydrogen-bond acceptors (Lipinski definition) is 4. The van der Waals surface area contributed by atoms with Crippen molar-refractivity contribution in [3.8, 4) is 0 Å². The number of nitrogens with two attached hydrogens (primary N) is 1. The van der Waals surface area contributed by atoms with Crippen molar-refractivity contribution in [3.63, 3.8) is 0 Å². The van der Waals surface area contributed by atoms with Gasteiger partial charge in [-0.3, -0.25) is 0 Å². The fourth-order valence-corrected chi connectivity index (χ4v) is 2.23. The molecule has 1 amide bonds. The average molecular weight is 257 g/mol. The lowest BCUT2D eigenvalue weighted by atomic mass is 10.1. The van der Waals surface area contributed by atoms with Crippen LogP contribution in [0.4, 0.5) is 4.79 Å². The molecular formula is C13H27N3O2. The monoisotopic (exact) mass is 257 g/mol. The minimum atomic E-state index is -0.411. The number of likely N-dealkylation sites (tertiary alicyclic amines) is 1. The van der Waals surface area contributed by atoms with E-state index in [1.54, 1.807) is 0 Å². The van der Waals surface area contributed by atoms with Gasteiger partial charge in [-0.1, -0.05) is 0 Å². The first-order valence-corrected chi connectivity index (χ1v) is 6.68. The van der Waals surface area contributed by atoms with Crippen LogP contribution in [0.15, 0.2) is 0 Å². The van der Waals surface area contributed by atoms with Crippen molar-refractivity contribution in [2.75, 3.05) is 39.8 Å². The average Bonchev–Trinajstić information content (AvgIpc) is 2.63. The number of carbonyl (C=O) groups excluding carboxylic acids is 1. The predicted molar refractivity (Wildman–Crippen MR) is 72.5 cm³/mol. The Morgan fingerprint density at radius 3 is 2.72 bits per heavy atom. The van der Waals surface area contributed by atoms with E-state index in [1.807, 2.05) is 25.7 Å². The molecule has 0 aromatic carbocycles. The Morgan fingerprint density at radius 2 is 2.17 bits per heavy atom. The van der Waals surface area contributed by atoms with Crippen LogP contribution in [0.3, 0.4) is 0 Å². The van der Waals surface area contributed by atoms with Gasteiger partial charge in [-0.2, -0.15) is 0 Å². The van der Waals surface area contributed by atoms with Crippen molar-refractivity contribution in [1.29, 1.82) is 0 Å². The summed E-state index contributed by atoms with van der Waals surface area (Å²) in [5.74, 6) is 0.536. The van der Waals surface area contributed by atoms with Crippen LogP contribution in [-0.4, -0.2) is 61.3 Å². The van der Waals surface area contributed by atoms with Gasteiger partial charge in [-0.25, -0.2) is 4.79 Å². The second-order valence-electron chi connectivity index (χ2n) is 6.13. The zero-order valence-electron chi connectivity index (χ0n) is 12.1. The van der Waals surface area contributed by atoms with E-state index in [0.29, 0.717) is 12.5 Å². The summed E-state index contributed by atoms with van der Waals surface area (Å²) in [6.07, 6.45) is 0.861. The Hall–Kier alpha value is -0.810. The summed E-state index contributed by atoms with van der Waals surface area (Å²) >= 11 is 0. The fraction of sp³-hybridized carbons (Fsp3) is 0.923. The molecule has 2 N–H and O–H groups in total. The SMILES string of the molecule is CN(CCN)CC1CCN(C(=O)OC(C)(C)C)C1. The van der Waals surface area contributed by atoms with Crippen molar-refractivity contribution in [1.82, 2.24) is 9.80 Å². The van der Waals surface area contributed by atoms with Gasteiger partial charge in [0.15, 0.2) is 0 Å². The Morgan fingerprint density at radius 1 is 1.50 bits per heavy atom. The number of rotatable bonds is 4. The number of likely N-dealkylation sites (N-methyl/N-ethyl adjacent to an activating group) is 1. The normalized spacial score (nSPS) is 20.6. The van der Waals surface area contributed by atoms with E-state index in [1.165, 1.54) is 0 Å². The smallest absolute Gasteiger partial charge is 0.410 e. The Labute approximate surface area is 110 Å². The molecule has 106 valence electrons. The summed E-state index contributed by atoms with van der Waals surface area (Å²) < 4.78 is 5.38. The zero-order chi connectivity index (χ0) is 13.8. The molecule has 0 bridgehead atoms. The maximum atomic E-state index is 11.9. The summed E-state index contributed by atoms with van der Waals surface area (Å²) in [7, 11) is 2.07. The molecule has 1 aliphatic heterocycles. The van der Waals surface area contributed by atoms with E-state index < -0.39 is 5.60 Å². The van der Waals surface area contributed by atoms with Crippen LogP contribution in [0.25, 0.3) is 0 Å². The maximum Gasteiger partial charge on any atom is 0.410 e. The van der Waals surface area contributed by atoms with E-state index in [0.717, 1.165) is 32.6 Å². The first-order chi connectivity index (χ1) is 8.31. The number of amides is 1. The minimum Gasteiger partial charge on any atom is -0.444 e. The van der Waals surface area contributed by atoms with Gasteiger partial charge in [0.2, 0.25) is 0 Å². The molecular weight excluding hydrogens is 230 g/mol. The van der Waals surface area contributed by atoms with Gasteiger partial charge in [-0.15, -0.1) is 0 Å². The molecule has 5 heteroatoms. The lowest BCUT2D eigenvalue weighted by molar-refractivity contribution is 0.0286. The molecule has 18 heavy (non-hydrogen) atoms. The van der Waals surface area contributed by atoms with Crippen LogP contribution in [0, 0.1) is 5.92 Å². The topological polar surface area (TPSA) is 58.8 Å². The Bertz CT molecular complexity index is 276. The fourth-order valence-electron chi connectivity index (χ4n) is 2.23. The second kappa shape index (κ2) is 6.38. The van der Waals surface area contributed by atoms with Gasteiger partial charge >= 0.3 is 6.09 Å². The standard InChI is InChI=1S/C13H27N3O2/c1-13(2,3)18-12(17)16-7-5-11(10-16)9-15(4)8-6-14/h11H,5-10,14H2,1-4H3. The van der Waals surface area contributed by atoms with Crippen molar-refractivity contribution in [2.24, 2.45) is 11.7 Å². The molecule has 1 atom stereocenters. The minimum absolute atomic E-state index is 0.188. The highest BCUT2D eigenvalue weighted by Crippen LogP contribution is 2.19. The summed E-state index contributed by atoms with van der Waals surface area (Å²) in [5.41, 5.74) is 5.11. The quantitative estimate of drug-likeness (QED) is 0.820. The summed E-state index contributed by atoms with van der Waals surface area (Å²) in [6.45, 7) is 9.87. The molecule has 0 aliphatic carbocycles. The third kappa shape index (κ3) is 5.23. The molecule has 1 saturated heterocycles. The van der Waals surface area contributed by atoms with Gasteiger partial charge in [0, 0.05) is 32.7 Å². The molecule has 5 nitrogen and oxygen atoms in total. The van der Waals surface area contributed by atoms with Crippen LogP contribution in [0.5, 0.6) is 0 Å². The van der Waals surface area contributed by atoms with Crippen molar-refractivity contribution >= 4 is 6.09 Å². The molecule has 0 saturated carbocycles. The van der Waals surface area contributed by atoms with Crippen molar-refractivity contribution in [3.05, 3.63) is 0 Å². The van der Waals surface area contributed by atoms with E-state index in [9.17, 15) is 4.79 Å². The lowest BCUT2D eigenvalue weighted by Crippen LogP contribution is -2.36. The maximum absolute atomic E-state index is 11.9. The van der Waals surface area contributed by atoms with E-state index in [-0.39, 0.29) is 6.09 Å². The highest BCUT2D eigenvalue weighted by Gasteiger charge is 2.29. The number of carbonyl (C=O) groups is 1. The van der Waals surface area contributed by atoms with Crippen LogP contribution in [-0.2, 0) is 4.74 Å². The van der Waals surface area contributed by atoms with Crippen LogP contribution < -0.4 is 5.73 Å². The summed E-state index contributed by atoms with van der Waals surface area (Å²) in [4.78, 5) is 15.9. The number of ether oxygens (including phenoxy) is 1. The molecule has 0 radical (unpaired) electrons. The third-order valence-electron chi connectivity index (χ3n) is 3.02. The first kappa shape index (κ1) is 15.2. The molecule has 0 aromatic heterocycles. The van der Waals surface area contributed by atoms with Crippen LogP contribution in [0.1, 0.15) is 27.2 Å². The van der Waals surface area contributed by atoms with Gasteiger partial charge in [-0.05, 0) is 40.2 Å². The molecule has 0 aromatic rings. The Kier molecular flexibility index (Phi) is 5.41. The zero-order valence-corrected chi connectivity index (χ0v) is 12.1. The van der Waals surface area contributed by atoms with Gasteiger partial charge < -0.3 is 20.3 Å². The van der Waals surface area contributed by atoms with Crippen LogP contribution >= 0.6 is 0 Å². The molecule has 0 spiro atoms. The second-order valence-corrected chi connectivity index (χ2v) is 6.13. The van der Waals surface area contributed by atoms with Crippen molar-refractivity contribution < 1.29 is 9.53 Å².